The van der Waals surface area contributed by atoms with Crippen LogP contribution in [-0.2, 0) is 16.8 Å². The maximum Gasteiger partial charge on any atom is 0.303 e. The number of aryl methyl sites for hydroxylation is 1. The van der Waals surface area contributed by atoms with Gasteiger partial charge < -0.3 is 9.67 Å². The average Bonchev–Trinajstić information content (AvgIpc) is 2.61. The number of aliphatic carboxylic acids is 1. The summed E-state index contributed by atoms with van der Waals surface area (Å²) >= 11 is 0. The second kappa shape index (κ2) is 5.73. The van der Waals surface area contributed by atoms with E-state index in [1.165, 1.54) is 5.56 Å². The van der Waals surface area contributed by atoms with E-state index in [0.29, 0.717) is 0 Å². The summed E-state index contributed by atoms with van der Waals surface area (Å²) in [6.45, 7) is 7.29. The van der Waals surface area contributed by atoms with Crippen molar-refractivity contribution in [1.29, 1.82) is 0 Å². The Balaban J connectivity index is 2.01. The van der Waals surface area contributed by atoms with E-state index in [1.807, 2.05) is 6.07 Å². The topological polar surface area (TPSA) is 53.5 Å². The smallest absolute Gasteiger partial charge is 0.303 e. The number of unbranched alkanes of at least 4 members (excludes halogenated alkanes) is 2. The first-order valence-electron chi connectivity index (χ1n) is 7.15. The van der Waals surface area contributed by atoms with E-state index in [1.54, 1.807) is 0 Å². The quantitative estimate of drug-likeness (QED) is 0.492. The lowest BCUT2D eigenvalue weighted by molar-refractivity contribution is -0.688. The van der Waals surface area contributed by atoms with Crippen molar-refractivity contribution in [3.8, 4) is 0 Å². The van der Waals surface area contributed by atoms with Gasteiger partial charge in [0.25, 0.3) is 0 Å². The Morgan fingerprint density at radius 3 is 2.85 bits per heavy atom. The summed E-state index contributed by atoms with van der Waals surface area (Å²) in [5.74, 6) is 0.292. The zero-order chi connectivity index (χ0) is 14.8. The molecule has 0 saturated heterocycles. The van der Waals surface area contributed by atoms with Crippen LogP contribution in [0, 0.1) is 6.20 Å². The SMILES string of the molecule is CC1=Nc2c(cc[c-][n+]2CCCCCC(=O)O)C1(C)C. The molecular weight excluding hydrogens is 252 g/mol. The van der Waals surface area contributed by atoms with Crippen LogP contribution in [0.5, 0.6) is 0 Å². The van der Waals surface area contributed by atoms with Gasteiger partial charge in [-0.2, -0.15) is 6.07 Å². The van der Waals surface area contributed by atoms with Crippen LogP contribution in [0.25, 0.3) is 0 Å². The van der Waals surface area contributed by atoms with Crippen LogP contribution in [0.15, 0.2) is 17.1 Å². The van der Waals surface area contributed by atoms with E-state index in [-0.39, 0.29) is 11.8 Å². The predicted molar refractivity (Wildman–Crippen MR) is 77.4 cm³/mol. The summed E-state index contributed by atoms with van der Waals surface area (Å²) in [5, 5.41) is 8.61. The summed E-state index contributed by atoms with van der Waals surface area (Å²) in [7, 11) is 0. The minimum absolute atomic E-state index is 0.00447. The third-order valence-electron chi connectivity index (χ3n) is 4.10. The molecule has 0 fully saturated rings. The van der Waals surface area contributed by atoms with Gasteiger partial charge in [-0.1, -0.05) is 19.4 Å². The molecule has 2 rings (SSSR count). The molecule has 1 aromatic heterocycles. The summed E-state index contributed by atoms with van der Waals surface area (Å²) < 4.78 is 2.06. The van der Waals surface area contributed by atoms with E-state index in [2.05, 4.69) is 42.6 Å². The lowest BCUT2D eigenvalue weighted by Crippen LogP contribution is -2.35. The number of pyridine rings is 1. The van der Waals surface area contributed by atoms with Crippen LogP contribution in [0.1, 0.15) is 52.0 Å². The Hall–Kier alpha value is -1.71. The monoisotopic (exact) mass is 274 g/mol. The molecule has 0 amide bonds. The number of fused-ring (bicyclic) bond motifs is 1. The first-order valence-corrected chi connectivity index (χ1v) is 7.15. The number of hydrogen-bond acceptors (Lipinski definition) is 2. The second-order valence-corrected chi connectivity index (χ2v) is 5.88. The third-order valence-corrected chi connectivity index (χ3v) is 4.10. The number of carbonyl (C=O) groups is 1. The van der Waals surface area contributed by atoms with Gasteiger partial charge in [-0.15, -0.1) is 11.1 Å². The molecule has 4 nitrogen and oxygen atoms in total. The number of nitrogens with zero attached hydrogens (tertiary/aromatic N) is 2. The largest absolute Gasteiger partial charge is 0.481 e. The molecule has 2 heterocycles. The fourth-order valence-electron chi connectivity index (χ4n) is 2.49. The number of carboxylic acids is 1. The molecule has 1 aliphatic rings. The van der Waals surface area contributed by atoms with E-state index in [9.17, 15) is 4.79 Å². The maximum atomic E-state index is 10.5. The Labute approximate surface area is 120 Å². The molecule has 1 aliphatic heterocycles. The molecule has 4 heteroatoms. The summed E-state index contributed by atoms with van der Waals surface area (Å²) in [6, 6.07) is 4.04. The fraction of sp³-hybridized carbons (Fsp3) is 0.562. The highest BCUT2D eigenvalue weighted by atomic mass is 16.4. The molecule has 0 unspecified atom stereocenters. The van der Waals surface area contributed by atoms with E-state index in [0.717, 1.165) is 37.3 Å². The number of aromatic nitrogens is 1. The van der Waals surface area contributed by atoms with Crippen molar-refractivity contribution in [2.24, 2.45) is 4.99 Å². The lowest BCUT2D eigenvalue weighted by atomic mass is 9.83. The van der Waals surface area contributed by atoms with Gasteiger partial charge in [0.1, 0.15) is 5.71 Å². The zero-order valence-electron chi connectivity index (χ0n) is 12.4. The highest BCUT2D eigenvalue weighted by molar-refractivity contribution is 5.98. The first-order chi connectivity index (χ1) is 9.43. The van der Waals surface area contributed by atoms with Crippen molar-refractivity contribution in [3.63, 3.8) is 0 Å². The Morgan fingerprint density at radius 2 is 2.15 bits per heavy atom. The van der Waals surface area contributed by atoms with Gasteiger partial charge >= 0.3 is 5.97 Å². The third kappa shape index (κ3) is 2.89. The van der Waals surface area contributed by atoms with Crippen molar-refractivity contribution < 1.29 is 14.5 Å². The van der Waals surface area contributed by atoms with Crippen LogP contribution in [0.3, 0.4) is 0 Å². The molecule has 0 atom stereocenters. The number of carboxylic acid groups (broad SMARTS) is 1. The summed E-state index contributed by atoms with van der Waals surface area (Å²) in [6.07, 6.45) is 6.09. The molecule has 1 aromatic rings. The van der Waals surface area contributed by atoms with Crippen LogP contribution in [-0.4, -0.2) is 16.8 Å². The molecule has 0 radical (unpaired) electrons. The van der Waals surface area contributed by atoms with Crippen LogP contribution in [0.4, 0.5) is 5.82 Å². The number of hydrogen-bond donors (Lipinski definition) is 1. The highest BCUT2D eigenvalue weighted by Gasteiger charge is 2.35. The van der Waals surface area contributed by atoms with Crippen molar-refractivity contribution in [2.75, 3.05) is 0 Å². The second-order valence-electron chi connectivity index (χ2n) is 5.88. The first kappa shape index (κ1) is 14.7. The molecular formula is C16H22N2O2. The standard InChI is InChI=1S/C16H22N2O2/c1-12-16(2,3)13-8-7-11-18(15(13)17-12)10-6-4-5-9-14(19)20/h7-8H,4-6,9-10H2,1-3H3,(H,19,20). The molecule has 1 N–H and O–H groups in total. The number of rotatable bonds is 6. The minimum Gasteiger partial charge on any atom is -0.481 e. The average molecular weight is 274 g/mol. The van der Waals surface area contributed by atoms with Crippen molar-refractivity contribution >= 4 is 17.5 Å². The lowest BCUT2D eigenvalue weighted by Gasteiger charge is -2.20. The van der Waals surface area contributed by atoms with Gasteiger partial charge in [0.05, 0.1) is 6.54 Å². The van der Waals surface area contributed by atoms with Crippen molar-refractivity contribution in [3.05, 3.63) is 23.9 Å². The van der Waals surface area contributed by atoms with E-state index in [4.69, 9.17) is 5.11 Å². The van der Waals surface area contributed by atoms with Gasteiger partial charge in [-0.25, -0.2) is 0 Å². The van der Waals surface area contributed by atoms with Gasteiger partial charge in [0.15, 0.2) is 0 Å². The predicted octanol–water partition coefficient (Wildman–Crippen LogP) is 2.80. The molecule has 20 heavy (non-hydrogen) atoms. The zero-order valence-corrected chi connectivity index (χ0v) is 12.4. The fourth-order valence-corrected chi connectivity index (χ4v) is 2.49. The van der Waals surface area contributed by atoms with Crippen molar-refractivity contribution in [1.82, 2.24) is 0 Å². The van der Waals surface area contributed by atoms with Gasteiger partial charge in [0, 0.05) is 18.0 Å². The molecule has 108 valence electrons. The maximum absolute atomic E-state index is 10.5. The number of aliphatic imine (C=N–C) groups is 1. The molecule has 0 bridgehead atoms. The Kier molecular flexibility index (Phi) is 4.21. The molecule has 0 spiro atoms. The van der Waals surface area contributed by atoms with E-state index < -0.39 is 5.97 Å². The molecule has 0 aromatic carbocycles. The van der Waals surface area contributed by atoms with Gasteiger partial charge in [-0.05, 0) is 26.2 Å². The van der Waals surface area contributed by atoms with Gasteiger partial charge in [0.2, 0.25) is 5.82 Å². The summed E-state index contributed by atoms with van der Waals surface area (Å²) in [4.78, 5) is 15.2. The van der Waals surface area contributed by atoms with Gasteiger partial charge in [-0.3, -0.25) is 4.79 Å². The summed E-state index contributed by atoms with van der Waals surface area (Å²) in [5.41, 5.74) is 2.38. The molecule has 0 aliphatic carbocycles. The highest BCUT2D eigenvalue weighted by Crippen LogP contribution is 2.37. The minimum atomic E-state index is -0.716. The van der Waals surface area contributed by atoms with E-state index >= 15 is 0 Å². The normalized spacial score (nSPS) is 15.8. The Morgan fingerprint density at radius 1 is 1.40 bits per heavy atom. The Bertz CT molecular complexity index is 547. The van der Waals surface area contributed by atoms with Crippen LogP contribution < -0.4 is 4.57 Å². The van der Waals surface area contributed by atoms with Crippen LogP contribution in [0.2, 0.25) is 0 Å². The molecule has 0 saturated carbocycles. The van der Waals surface area contributed by atoms with Crippen LogP contribution >= 0.6 is 0 Å². The van der Waals surface area contributed by atoms with Crippen molar-refractivity contribution in [2.45, 2.75) is 58.4 Å².